The monoisotopic (exact) mass is 255 g/mol. The van der Waals surface area contributed by atoms with Crippen molar-refractivity contribution < 1.29 is 17.2 Å². The normalized spacial score (nSPS) is 11.6. The molecule has 0 atom stereocenters. The molecule has 0 aliphatic heterocycles. The van der Waals surface area contributed by atoms with E-state index >= 15 is 0 Å². The summed E-state index contributed by atoms with van der Waals surface area (Å²) < 4.78 is 40.8. The fourth-order valence-electron chi connectivity index (χ4n) is 1.27. The van der Waals surface area contributed by atoms with Gasteiger partial charge in [-0.25, -0.2) is 17.8 Å². The van der Waals surface area contributed by atoms with Crippen molar-refractivity contribution in [3.05, 3.63) is 36.3 Å². The van der Waals surface area contributed by atoms with Crippen LogP contribution in [0.15, 0.2) is 40.1 Å². The summed E-state index contributed by atoms with van der Waals surface area (Å²) in [4.78, 5) is 3.71. The van der Waals surface area contributed by atoms with Gasteiger partial charge in [-0.15, -0.1) is 0 Å². The number of nitrogens with zero attached hydrogens (tertiary/aromatic N) is 1. The van der Waals surface area contributed by atoms with Crippen molar-refractivity contribution in [3.63, 3.8) is 0 Å². The van der Waals surface area contributed by atoms with Crippen LogP contribution >= 0.6 is 0 Å². The van der Waals surface area contributed by atoms with Crippen LogP contribution in [0.25, 0.3) is 11.3 Å². The first-order chi connectivity index (χ1) is 8.03. The number of hydrogen-bond acceptors (Lipinski definition) is 4. The zero-order chi connectivity index (χ0) is 12.5. The fourth-order valence-corrected chi connectivity index (χ4v) is 1.95. The number of oxazole rings is 1. The summed E-state index contributed by atoms with van der Waals surface area (Å²) in [5, 5.41) is -0.306. The number of rotatable bonds is 3. The molecular formula is C11H10FNO3S. The molecule has 0 unspecified atom stereocenters. The molecule has 17 heavy (non-hydrogen) atoms. The molecule has 1 aromatic carbocycles. The van der Waals surface area contributed by atoms with Crippen molar-refractivity contribution in [2.24, 2.45) is 0 Å². The number of sulfone groups is 1. The van der Waals surface area contributed by atoms with Crippen molar-refractivity contribution in [3.8, 4) is 11.3 Å². The number of benzene rings is 1. The largest absolute Gasteiger partial charge is 0.428 e. The van der Waals surface area contributed by atoms with Gasteiger partial charge in [0.05, 0.1) is 11.9 Å². The van der Waals surface area contributed by atoms with Crippen LogP contribution in [0.2, 0.25) is 0 Å². The lowest BCUT2D eigenvalue weighted by atomic mass is 10.2. The summed E-state index contributed by atoms with van der Waals surface area (Å²) in [7, 11) is -3.45. The van der Waals surface area contributed by atoms with Gasteiger partial charge >= 0.3 is 5.22 Å². The van der Waals surface area contributed by atoms with E-state index < -0.39 is 9.84 Å². The summed E-state index contributed by atoms with van der Waals surface area (Å²) in [6, 6.07) is 5.54. The van der Waals surface area contributed by atoms with Crippen LogP contribution in [-0.4, -0.2) is 19.2 Å². The summed E-state index contributed by atoms with van der Waals surface area (Å²) in [6.07, 6.45) is 1.32. The molecule has 0 saturated heterocycles. The second-order valence-corrected chi connectivity index (χ2v) is 5.56. The Labute approximate surface area is 98.0 Å². The molecule has 2 rings (SSSR count). The van der Waals surface area contributed by atoms with E-state index in [1.807, 2.05) is 0 Å². The van der Waals surface area contributed by atoms with Gasteiger partial charge in [-0.3, -0.25) is 0 Å². The second kappa shape index (κ2) is 4.29. The summed E-state index contributed by atoms with van der Waals surface area (Å²) in [5.74, 6) is -0.136. The average molecular weight is 255 g/mol. The van der Waals surface area contributed by atoms with E-state index in [9.17, 15) is 12.8 Å². The molecule has 0 fully saturated rings. The van der Waals surface area contributed by atoms with Gasteiger partial charge in [-0.1, -0.05) is 6.92 Å². The Bertz CT molecular complexity index is 616. The van der Waals surface area contributed by atoms with E-state index in [4.69, 9.17) is 4.42 Å². The maximum atomic E-state index is 12.7. The van der Waals surface area contributed by atoms with E-state index in [0.717, 1.165) is 0 Å². The molecule has 0 amide bonds. The second-order valence-electron chi connectivity index (χ2n) is 3.40. The molecule has 1 aromatic heterocycles. The van der Waals surface area contributed by atoms with Crippen LogP contribution in [0.1, 0.15) is 6.92 Å². The lowest BCUT2D eigenvalue weighted by Crippen LogP contribution is -2.03. The summed E-state index contributed by atoms with van der Waals surface area (Å²) in [6.45, 7) is 1.51. The van der Waals surface area contributed by atoms with Crippen LogP contribution in [0.5, 0.6) is 0 Å². The zero-order valence-corrected chi connectivity index (χ0v) is 9.87. The van der Waals surface area contributed by atoms with Gasteiger partial charge in [0.25, 0.3) is 0 Å². The lowest BCUT2D eigenvalue weighted by Gasteiger charge is -1.96. The first-order valence-electron chi connectivity index (χ1n) is 4.97. The van der Waals surface area contributed by atoms with Gasteiger partial charge in [0, 0.05) is 5.56 Å². The predicted octanol–water partition coefficient (Wildman–Crippen LogP) is 2.27. The highest BCUT2D eigenvalue weighted by molar-refractivity contribution is 7.91. The third-order valence-corrected chi connectivity index (χ3v) is 3.74. The third kappa shape index (κ3) is 2.36. The quantitative estimate of drug-likeness (QED) is 0.844. The van der Waals surface area contributed by atoms with E-state index in [0.29, 0.717) is 11.3 Å². The molecule has 0 N–H and O–H groups in total. The van der Waals surface area contributed by atoms with Gasteiger partial charge in [0.15, 0.2) is 5.76 Å². The van der Waals surface area contributed by atoms with E-state index in [1.54, 1.807) is 0 Å². The smallest absolute Gasteiger partial charge is 0.315 e. The highest BCUT2D eigenvalue weighted by Gasteiger charge is 2.19. The van der Waals surface area contributed by atoms with Gasteiger partial charge in [0.1, 0.15) is 5.82 Å². The van der Waals surface area contributed by atoms with Crippen molar-refractivity contribution in [2.75, 3.05) is 5.75 Å². The van der Waals surface area contributed by atoms with Crippen molar-refractivity contribution in [2.45, 2.75) is 12.1 Å². The van der Waals surface area contributed by atoms with Crippen LogP contribution in [0.4, 0.5) is 4.39 Å². The molecule has 0 aliphatic carbocycles. The molecule has 2 aromatic rings. The summed E-state index contributed by atoms with van der Waals surface area (Å²) in [5.41, 5.74) is 0.580. The molecular weight excluding hydrogens is 245 g/mol. The fraction of sp³-hybridized carbons (Fsp3) is 0.182. The number of halogens is 1. The number of hydrogen-bond donors (Lipinski definition) is 0. The van der Waals surface area contributed by atoms with Crippen LogP contribution < -0.4 is 0 Å². The van der Waals surface area contributed by atoms with Crippen LogP contribution in [0.3, 0.4) is 0 Å². The average Bonchev–Trinajstić information content (AvgIpc) is 2.80. The highest BCUT2D eigenvalue weighted by atomic mass is 32.2. The number of aromatic nitrogens is 1. The Hall–Kier alpha value is -1.69. The van der Waals surface area contributed by atoms with E-state index in [-0.39, 0.29) is 16.8 Å². The van der Waals surface area contributed by atoms with Gasteiger partial charge in [0.2, 0.25) is 9.84 Å². The van der Waals surface area contributed by atoms with Gasteiger partial charge < -0.3 is 4.42 Å². The third-order valence-electron chi connectivity index (χ3n) is 2.26. The molecule has 0 aliphatic rings. The van der Waals surface area contributed by atoms with Gasteiger partial charge in [-0.2, -0.15) is 0 Å². The van der Waals surface area contributed by atoms with Crippen molar-refractivity contribution in [1.29, 1.82) is 0 Å². The zero-order valence-electron chi connectivity index (χ0n) is 9.05. The topological polar surface area (TPSA) is 60.2 Å². The minimum absolute atomic E-state index is 0.0730. The maximum absolute atomic E-state index is 12.7. The van der Waals surface area contributed by atoms with Crippen molar-refractivity contribution >= 4 is 9.84 Å². The Balaban J connectivity index is 2.40. The van der Waals surface area contributed by atoms with Gasteiger partial charge in [-0.05, 0) is 24.3 Å². The standard InChI is InChI=1S/C11H10FNO3S/c1-2-17(14,15)11-13-7-10(16-11)8-3-5-9(12)6-4-8/h3-7H,2H2,1H3. The first kappa shape index (κ1) is 11.8. The molecule has 90 valence electrons. The predicted molar refractivity (Wildman–Crippen MR) is 59.6 cm³/mol. The van der Waals surface area contributed by atoms with E-state index in [1.165, 1.54) is 37.4 Å². The molecule has 0 spiro atoms. The highest BCUT2D eigenvalue weighted by Crippen LogP contribution is 2.22. The van der Waals surface area contributed by atoms with Crippen molar-refractivity contribution in [1.82, 2.24) is 4.98 Å². The van der Waals surface area contributed by atoms with E-state index in [2.05, 4.69) is 4.98 Å². The molecule has 0 saturated carbocycles. The molecule has 0 radical (unpaired) electrons. The minimum atomic E-state index is -3.45. The van der Waals surface area contributed by atoms with Crippen LogP contribution in [0, 0.1) is 5.82 Å². The SMILES string of the molecule is CCS(=O)(=O)c1ncc(-c2ccc(F)cc2)o1. The Morgan fingerprint density at radius 2 is 1.94 bits per heavy atom. The molecule has 1 heterocycles. The Morgan fingerprint density at radius 1 is 1.29 bits per heavy atom. The van der Waals surface area contributed by atoms with Crippen LogP contribution in [-0.2, 0) is 9.84 Å². The lowest BCUT2D eigenvalue weighted by molar-refractivity contribution is 0.440. The first-order valence-corrected chi connectivity index (χ1v) is 6.62. The Morgan fingerprint density at radius 3 is 2.53 bits per heavy atom. The molecule has 4 nitrogen and oxygen atoms in total. The Kier molecular flexibility index (Phi) is 2.97. The summed E-state index contributed by atoms with van der Waals surface area (Å²) >= 11 is 0. The maximum Gasteiger partial charge on any atom is 0.315 e. The minimum Gasteiger partial charge on any atom is -0.428 e. The molecule has 6 heteroatoms. The molecule has 0 bridgehead atoms.